The third-order valence-corrected chi connectivity index (χ3v) is 5.96. The van der Waals surface area contributed by atoms with Crippen LogP contribution < -0.4 is 5.32 Å². The predicted molar refractivity (Wildman–Crippen MR) is 112 cm³/mol. The van der Waals surface area contributed by atoms with E-state index in [1.807, 2.05) is 23.6 Å². The number of hydrogen-bond donors (Lipinski definition) is 1. The molecule has 0 radical (unpaired) electrons. The molecule has 1 saturated heterocycles. The molecule has 29 heavy (non-hydrogen) atoms. The maximum Gasteiger partial charge on any atom is 0.224 e. The number of rotatable bonds is 6. The topological polar surface area (TPSA) is 58.1 Å². The maximum atomic E-state index is 13.4. The van der Waals surface area contributed by atoms with Gasteiger partial charge in [-0.2, -0.15) is 0 Å². The first-order valence-corrected chi connectivity index (χ1v) is 10.6. The largest absolute Gasteiger partial charge is 0.349 e. The van der Waals surface area contributed by atoms with Crippen LogP contribution in [-0.4, -0.2) is 33.9 Å². The van der Waals surface area contributed by atoms with Crippen molar-refractivity contribution in [2.75, 3.05) is 13.1 Å². The summed E-state index contributed by atoms with van der Waals surface area (Å²) in [4.78, 5) is 23.5. The summed E-state index contributed by atoms with van der Waals surface area (Å²) in [6.07, 6.45) is 5.34. The van der Waals surface area contributed by atoms with Crippen molar-refractivity contribution < 1.29 is 9.18 Å². The summed E-state index contributed by atoms with van der Waals surface area (Å²) in [5.74, 6) is -0.199. The van der Waals surface area contributed by atoms with Gasteiger partial charge in [0.1, 0.15) is 10.8 Å². The zero-order chi connectivity index (χ0) is 20.1. The van der Waals surface area contributed by atoms with Crippen LogP contribution >= 0.6 is 11.3 Å². The molecule has 1 fully saturated rings. The first-order valence-electron chi connectivity index (χ1n) is 9.77. The van der Waals surface area contributed by atoms with Crippen molar-refractivity contribution in [3.63, 3.8) is 0 Å². The summed E-state index contributed by atoms with van der Waals surface area (Å²) >= 11 is 1.54. The molecule has 0 spiro atoms. The van der Waals surface area contributed by atoms with Crippen LogP contribution in [0.25, 0.3) is 11.3 Å². The van der Waals surface area contributed by atoms with E-state index in [2.05, 4.69) is 20.2 Å². The highest BCUT2D eigenvalue weighted by atomic mass is 32.1. The van der Waals surface area contributed by atoms with E-state index in [1.165, 1.54) is 6.07 Å². The van der Waals surface area contributed by atoms with Gasteiger partial charge >= 0.3 is 0 Å². The second kappa shape index (κ2) is 9.24. The van der Waals surface area contributed by atoms with Crippen LogP contribution in [0.2, 0.25) is 0 Å². The molecule has 0 saturated carbocycles. The first kappa shape index (κ1) is 19.7. The van der Waals surface area contributed by atoms with Crippen molar-refractivity contribution in [3.05, 3.63) is 70.6 Å². The number of hydrogen-bond acceptors (Lipinski definition) is 5. The van der Waals surface area contributed by atoms with E-state index in [0.29, 0.717) is 19.6 Å². The van der Waals surface area contributed by atoms with Crippen molar-refractivity contribution >= 4 is 17.2 Å². The fourth-order valence-electron chi connectivity index (χ4n) is 3.66. The Balaban J connectivity index is 1.30. The van der Waals surface area contributed by atoms with E-state index in [-0.39, 0.29) is 17.6 Å². The molecule has 0 bridgehead atoms. The fraction of sp³-hybridized carbons (Fsp3) is 0.318. The highest BCUT2D eigenvalue weighted by Gasteiger charge is 2.25. The Labute approximate surface area is 173 Å². The number of pyridine rings is 1. The molecule has 1 unspecified atom stereocenters. The molecule has 150 valence electrons. The molecule has 2 aromatic heterocycles. The van der Waals surface area contributed by atoms with Gasteiger partial charge in [0, 0.05) is 36.4 Å². The van der Waals surface area contributed by atoms with Crippen molar-refractivity contribution in [3.8, 4) is 11.3 Å². The quantitative estimate of drug-likeness (QED) is 0.670. The minimum Gasteiger partial charge on any atom is -0.349 e. The lowest BCUT2D eigenvalue weighted by Gasteiger charge is -2.32. The van der Waals surface area contributed by atoms with E-state index in [0.717, 1.165) is 41.2 Å². The van der Waals surface area contributed by atoms with Crippen LogP contribution in [0.4, 0.5) is 4.39 Å². The summed E-state index contributed by atoms with van der Waals surface area (Å²) < 4.78 is 13.4. The van der Waals surface area contributed by atoms with E-state index >= 15 is 0 Å². The summed E-state index contributed by atoms with van der Waals surface area (Å²) in [5, 5.41) is 5.92. The number of likely N-dealkylation sites (tertiary alicyclic amines) is 1. The molecule has 3 heterocycles. The Morgan fingerprint density at radius 2 is 2.14 bits per heavy atom. The molecule has 5 nitrogen and oxygen atoms in total. The minimum absolute atomic E-state index is 0.0445. The lowest BCUT2D eigenvalue weighted by molar-refractivity contribution is -0.126. The number of nitrogens with zero attached hydrogens (tertiary/aromatic N) is 3. The Hall–Kier alpha value is -2.64. The van der Waals surface area contributed by atoms with Gasteiger partial charge in [-0.25, -0.2) is 9.37 Å². The van der Waals surface area contributed by atoms with Crippen molar-refractivity contribution in [1.82, 2.24) is 20.2 Å². The van der Waals surface area contributed by atoms with Gasteiger partial charge in [0.25, 0.3) is 0 Å². The van der Waals surface area contributed by atoms with Gasteiger partial charge in [-0.05, 0) is 49.2 Å². The summed E-state index contributed by atoms with van der Waals surface area (Å²) in [6, 6.07) is 10.5. The molecule has 1 N–H and O–H groups in total. The standard InChI is InChI=1S/C22H23FN4OS/c23-19-5-1-3-16(11-19)13-27-10-2-4-18(14-27)22(28)25-12-21-26-20(15-29-21)17-6-8-24-9-7-17/h1,3,5-9,11,15,18H,2,4,10,12-14H2,(H,25,28). The summed E-state index contributed by atoms with van der Waals surface area (Å²) in [7, 11) is 0. The van der Waals surface area contributed by atoms with E-state index in [4.69, 9.17) is 0 Å². The van der Waals surface area contributed by atoms with Gasteiger partial charge in [-0.3, -0.25) is 14.7 Å². The minimum atomic E-state index is -0.219. The third-order valence-electron chi connectivity index (χ3n) is 5.11. The number of amides is 1. The summed E-state index contributed by atoms with van der Waals surface area (Å²) in [5.41, 5.74) is 2.87. The van der Waals surface area contributed by atoms with Crippen LogP contribution in [0, 0.1) is 11.7 Å². The van der Waals surface area contributed by atoms with Crippen LogP contribution in [-0.2, 0) is 17.9 Å². The van der Waals surface area contributed by atoms with Crippen LogP contribution in [0.15, 0.2) is 54.2 Å². The smallest absolute Gasteiger partial charge is 0.224 e. The number of carbonyl (C=O) groups excluding carboxylic acids is 1. The molecule has 4 rings (SSSR count). The molecule has 7 heteroatoms. The maximum absolute atomic E-state index is 13.4. The van der Waals surface area contributed by atoms with Gasteiger partial charge < -0.3 is 5.32 Å². The number of piperidine rings is 1. The molecule has 0 aliphatic carbocycles. The Bertz CT molecular complexity index is 962. The predicted octanol–water partition coefficient (Wildman–Crippen LogP) is 3.87. The number of aromatic nitrogens is 2. The highest BCUT2D eigenvalue weighted by molar-refractivity contribution is 7.09. The molecule has 1 aliphatic rings. The Morgan fingerprint density at radius 1 is 1.28 bits per heavy atom. The zero-order valence-corrected chi connectivity index (χ0v) is 16.9. The van der Waals surface area contributed by atoms with Crippen LogP contribution in [0.3, 0.4) is 0 Å². The lowest BCUT2D eigenvalue weighted by Crippen LogP contribution is -2.42. The summed E-state index contributed by atoms with van der Waals surface area (Å²) in [6.45, 7) is 2.74. The van der Waals surface area contributed by atoms with E-state index < -0.39 is 0 Å². The fourth-order valence-corrected chi connectivity index (χ4v) is 4.40. The van der Waals surface area contributed by atoms with Gasteiger partial charge in [0.15, 0.2) is 0 Å². The number of halogens is 1. The zero-order valence-electron chi connectivity index (χ0n) is 16.1. The van der Waals surface area contributed by atoms with E-state index in [1.54, 1.807) is 35.9 Å². The second-order valence-corrected chi connectivity index (χ2v) is 8.23. The van der Waals surface area contributed by atoms with Gasteiger partial charge in [-0.15, -0.1) is 11.3 Å². The number of thiazole rings is 1. The molecular weight excluding hydrogens is 387 g/mol. The average Bonchev–Trinajstić information content (AvgIpc) is 3.22. The van der Waals surface area contributed by atoms with Crippen molar-refractivity contribution in [2.45, 2.75) is 25.9 Å². The molecular formula is C22H23FN4OS. The molecule has 1 atom stereocenters. The molecule has 1 aliphatic heterocycles. The highest BCUT2D eigenvalue weighted by Crippen LogP contribution is 2.22. The van der Waals surface area contributed by atoms with Crippen molar-refractivity contribution in [2.24, 2.45) is 5.92 Å². The second-order valence-electron chi connectivity index (χ2n) is 7.28. The third kappa shape index (κ3) is 5.25. The van der Waals surface area contributed by atoms with E-state index in [9.17, 15) is 9.18 Å². The monoisotopic (exact) mass is 410 g/mol. The number of benzene rings is 1. The Morgan fingerprint density at radius 3 is 2.97 bits per heavy atom. The SMILES string of the molecule is O=C(NCc1nc(-c2ccncc2)cs1)C1CCCN(Cc2cccc(F)c2)C1. The van der Waals surface area contributed by atoms with Gasteiger partial charge in [0.2, 0.25) is 5.91 Å². The average molecular weight is 411 g/mol. The normalized spacial score (nSPS) is 17.2. The number of carbonyl (C=O) groups is 1. The Kier molecular flexibility index (Phi) is 6.27. The number of nitrogens with one attached hydrogen (secondary N) is 1. The molecule has 3 aromatic rings. The van der Waals surface area contributed by atoms with Crippen LogP contribution in [0.1, 0.15) is 23.4 Å². The van der Waals surface area contributed by atoms with Crippen LogP contribution in [0.5, 0.6) is 0 Å². The van der Waals surface area contributed by atoms with Gasteiger partial charge in [-0.1, -0.05) is 12.1 Å². The van der Waals surface area contributed by atoms with Crippen molar-refractivity contribution in [1.29, 1.82) is 0 Å². The van der Waals surface area contributed by atoms with Gasteiger partial charge in [0.05, 0.1) is 18.2 Å². The first-order chi connectivity index (χ1) is 14.2. The lowest BCUT2D eigenvalue weighted by atomic mass is 9.96. The molecule has 1 amide bonds. The molecule has 1 aromatic carbocycles.